The molecule has 2 saturated heterocycles. The third-order valence-electron chi connectivity index (χ3n) is 5.39. The quantitative estimate of drug-likeness (QED) is 0.808. The third kappa shape index (κ3) is 1.81. The molecule has 5 heteroatoms. The van der Waals surface area contributed by atoms with Gasteiger partial charge in [-0.2, -0.15) is 5.10 Å². The van der Waals surface area contributed by atoms with Gasteiger partial charge in [0.1, 0.15) is 0 Å². The van der Waals surface area contributed by atoms with Gasteiger partial charge < -0.3 is 9.80 Å². The fourth-order valence-corrected chi connectivity index (χ4v) is 4.12. The number of nitrogens with zero attached hydrogens (tertiary/aromatic N) is 4. The summed E-state index contributed by atoms with van der Waals surface area (Å²) >= 11 is 0. The van der Waals surface area contributed by atoms with Gasteiger partial charge in [0.05, 0.1) is 16.6 Å². The summed E-state index contributed by atoms with van der Waals surface area (Å²) in [5, 5.41) is 5.60. The van der Waals surface area contributed by atoms with Gasteiger partial charge in [-0.05, 0) is 51.6 Å². The number of hydrogen-bond donors (Lipinski definition) is 0. The first kappa shape index (κ1) is 13.8. The van der Waals surface area contributed by atoms with Crippen molar-refractivity contribution in [2.24, 2.45) is 12.5 Å². The number of aryl methyl sites for hydroxylation is 2. The molecule has 1 aromatic carbocycles. The summed E-state index contributed by atoms with van der Waals surface area (Å²) in [7, 11) is 4.06. The molecule has 2 aliphatic heterocycles. The van der Waals surface area contributed by atoms with Crippen LogP contribution in [0.1, 0.15) is 18.5 Å². The van der Waals surface area contributed by atoms with E-state index in [1.54, 1.807) is 0 Å². The molecule has 4 rings (SSSR count). The SMILES string of the molecule is Cc1nn(C)c2ccc(N3CC[C@]4(CCN(C)C4)C3=O)cc12. The average molecular weight is 298 g/mol. The molecule has 1 aromatic heterocycles. The van der Waals surface area contributed by atoms with Gasteiger partial charge in [0, 0.05) is 31.2 Å². The summed E-state index contributed by atoms with van der Waals surface area (Å²) in [6.45, 7) is 4.78. The maximum atomic E-state index is 13.0. The number of hydrogen-bond acceptors (Lipinski definition) is 3. The Kier molecular flexibility index (Phi) is 2.85. The van der Waals surface area contributed by atoms with Crippen LogP contribution in [0.15, 0.2) is 18.2 Å². The van der Waals surface area contributed by atoms with Gasteiger partial charge in [0.2, 0.25) is 5.91 Å². The molecule has 0 aliphatic carbocycles. The van der Waals surface area contributed by atoms with Gasteiger partial charge in [0.25, 0.3) is 0 Å². The van der Waals surface area contributed by atoms with E-state index in [1.807, 2.05) is 23.6 Å². The summed E-state index contributed by atoms with van der Waals surface area (Å²) in [5.41, 5.74) is 3.00. The van der Waals surface area contributed by atoms with Crippen LogP contribution in [0.3, 0.4) is 0 Å². The number of rotatable bonds is 1. The molecule has 0 N–H and O–H groups in total. The van der Waals surface area contributed by atoms with E-state index >= 15 is 0 Å². The first-order valence-corrected chi connectivity index (χ1v) is 7.94. The topological polar surface area (TPSA) is 41.4 Å². The number of fused-ring (bicyclic) bond motifs is 1. The highest BCUT2D eigenvalue weighted by Crippen LogP contribution is 2.42. The molecule has 1 spiro atoms. The molecule has 3 heterocycles. The Labute approximate surface area is 130 Å². The number of likely N-dealkylation sites (tertiary alicyclic amines) is 1. The maximum absolute atomic E-state index is 13.0. The minimum absolute atomic E-state index is 0.145. The highest BCUT2D eigenvalue weighted by molar-refractivity contribution is 6.02. The van der Waals surface area contributed by atoms with Crippen molar-refractivity contribution in [3.05, 3.63) is 23.9 Å². The molecule has 5 nitrogen and oxygen atoms in total. The van der Waals surface area contributed by atoms with Crippen molar-refractivity contribution in [2.45, 2.75) is 19.8 Å². The lowest BCUT2D eigenvalue weighted by molar-refractivity contribution is -0.124. The van der Waals surface area contributed by atoms with Crippen LogP contribution in [-0.4, -0.2) is 47.3 Å². The molecule has 2 fully saturated rings. The van der Waals surface area contributed by atoms with Gasteiger partial charge in [-0.25, -0.2) is 0 Å². The summed E-state index contributed by atoms with van der Waals surface area (Å²) < 4.78 is 1.90. The van der Waals surface area contributed by atoms with E-state index in [1.165, 1.54) is 0 Å². The third-order valence-corrected chi connectivity index (χ3v) is 5.39. The van der Waals surface area contributed by atoms with Crippen LogP contribution < -0.4 is 4.90 Å². The Morgan fingerprint density at radius 1 is 1.18 bits per heavy atom. The van der Waals surface area contributed by atoms with Crippen molar-refractivity contribution < 1.29 is 4.79 Å². The Morgan fingerprint density at radius 3 is 2.68 bits per heavy atom. The van der Waals surface area contributed by atoms with Crippen molar-refractivity contribution in [1.82, 2.24) is 14.7 Å². The fourth-order valence-electron chi connectivity index (χ4n) is 4.12. The van der Waals surface area contributed by atoms with E-state index in [0.717, 1.165) is 54.8 Å². The highest BCUT2D eigenvalue weighted by atomic mass is 16.2. The highest BCUT2D eigenvalue weighted by Gasteiger charge is 2.50. The molecule has 0 saturated carbocycles. The van der Waals surface area contributed by atoms with Crippen LogP contribution in [-0.2, 0) is 11.8 Å². The maximum Gasteiger partial charge on any atom is 0.234 e. The van der Waals surface area contributed by atoms with Gasteiger partial charge >= 0.3 is 0 Å². The Morgan fingerprint density at radius 2 is 1.95 bits per heavy atom. The summed E-state index contributed by atoms with van der Waals surface area (Å²) in [5.74, 6) is 0.303. The summed E-state index contributed by atoms with van der Waals surface area (Å²) in [6, 6.07) is 6.25. The molecule has 2 aromatic rings. The van der Waals surface area contributed by atoms with E-state index in [-0.39, 0.29) is 5.41 Å². The number of carbonyl (C=O) groups excluding carboxylic acids is 1. The molecule has 0 bridgehead atoms. The number of anilines is 1. The van der Waals surface area contributed by atoms with Gasteiger partial charge in [-0.15, -0.1) is 0 Å². The Hall–Kier alpha value is -1.88. The van der Waals surface area contributed by atoms with Gasteiger partial charge in [-0.3, -0.25) is 9.48 Å². The largest absolute Gasteiger partial charge is 0.312 e. The van der Waals surface area contributed by atoms with E-state index in [2.05, 4.69) is 35.2 Å². The lowest BCUT2D eigenvalue weighted by atomic mass is 9.85. The zero-order valence-electron chi connectivity index (χ0n) is 13.5. The molecule has 2 aliphatic rings. The van der Waals surface area contributed by atoms with Gasteiger partial charge in [0.15, 0.2) is 0 Å². The monoisotopic (exact) mass is 298 g/mol. The fraction of sp³-hybridized carbons (Fsp3) is 0.529. The van der Waals surface area contributed by atoms with Crippen LogP contribution in [0.5, 0.6) is 0 Å². The molecule has 1 atom stereocenters. The van der Waals surface area contributed by atoms with E-state index < -0.39 is 0 Å². The molecule has 0 radical (unpaired) electrons. The van der Waals surface area contributed by atoms with Crippen LogP contribution in [0.4, 0.5) is 5.69 Å². The van der Waals surface area contributed by atoms with Gasteiger partial charge in [-0.1, -0.05) is 0 Å². The van der Waals surface area contributed by atoms with Crippen LogP contribution in [0, 0.1) is 12.3 Å². The zero-order valence-corrected chi connectivity index (χ0v) is 13.5. The van der Waals surface area contributed by atoms with E-state index in [9.17, 15) is 4.79 Å². The van der Waals surface area contributed by atoms with E-state index in [4.69, 9.17) is 0 Å². The predicted octanol–water partition coefficient (Wildman–Crippen LogP) is 1.94. The molecular formula is C17H22N4O. The first-order chi connectivity index (χ1) is 10.5. The van der Waals surface area contributed by atoms with Crippen molar-refractivity contribution in [3.63, 3.8) is 0 Å². The Balaban J connectivity index is 1.71. The first-order valence-electron chi connectivity index (χ1n) is 7.94. The minimum atomic E-state index is -0.145. The van der Waals surface area contributed by atoms with Crippen LogP contribution >= 0.6 is 0 Å². The minimum Gasteiger partial charge on any atom is -0.312 e. The molecule has 22 heavy (non-hydrogen) atoms. The van der Waals surface area contributed by atoms with Crippen molar-refractivity contribution >= 4 is 22.5 Å². The lowest BCUT2D eigenvalue weighted by Gasteiger charge is -2.23. The Bertz CT molecular complexity index is 765. The predicted molar refractivity (Wildman–Crippen MR) is 87.0 cm³/mol. The average Bonchev–Trinajstić information content (AvgIpc) is 3.11. The lowest BCUT2D eigenvalue weighted by Crippen LogP contribution is -2.36. The van der Waals surface area contributed by atoms with Crippen molar-refractivity contribution in [2.75, 3.05) is 31.6 Å². The zero-order chi connectivity index (χ0) is 15.5. The standard InChI is InChI=1S/C17H22N4O/c1-12-14-10-13(4-5-15(14)20(3)18-12)21-9-7-17(16(21)22)6-8-19(2)11-17/h4-5,10H,6-9,11H2,1-3H3/t17-/m0/s1. The summed E-state index contributed by atoms with van der Waals surface area (Å²) in [6.07, 6.45) is 1.97. The second kappa shape index (κ2) is 4.56. The molecule has 116 valence electrons. The number of carbonyl (C=O) groups is 1. The van der Waals surface area contributed by atoms with Crippen LogP contribution in [0.2, 0.25) is 0 Å². The number of amides is 1. The molecule has 1 amide bonds. The second-order valence-corrected chi connectivity index (χ2v) is 6.89. The second-order valence-electron chi connectivity index (χ2n) is 6.89. The van der Waals surface area contributed by atoms with Crippen LogP contribution in [0.25, 0.3) is 10.9 Å². The van der Waals surface area contributed by atoms with Crippen molar-refractivity contribution in [1.29, 1.82) is 0 Å². The van der Waals surface area contributed by atoms with Crippen molar-refractivity contribution in [3.8, 4) is 0 Å². The smallest absolute Gasteiger partial charge is 0.234 e. The number of aromatic nitrogens is 2. The number of benzene rings is 1. The van der Waals surface area contributed by atoms with E-state index in [0.29, 0.717) is 5.91 Å². The summed E-state index contributed by atoms with van der Waals surface area (Å²) in [4.78, 5) is 17.2. The molecular weight excluding hydrogens is 276 g/mol. The molecule has 0 unspecified atom stereocenters. The normalized spacial score (nSPS) is 26.0.